The Hall–Kier alpha value is -1.44. The van der Waals surface area contributed by atoms with Gasteiger partial charge in [-0.05, 0) is 6.42 Å². The van der Waals surface area contributed by atoms with Crippen molar-refractivity contribution >= 4 is 5.91 Å². The molecule has 1 aromatic rings. The van der Waals surface area contributed by atoms with Gasteiger partial charge in [-0.1, -0.05) is 6.92 Å². The lowest BCUT2D eigenvalue weighted by atomic mass is 10.0. The standard InChI is InChI=1S/C13H23N3O4/c1-4-5-11(17)16-10(6-9-7-14-8-15-9)12(18)13(19-2)20-3/h7-8,10,12-13,18H,4-6H2,1-3H3,(H,14,15)(H,16,17). The molecule has 1 aromatic heterocycles. The molecule has 3 N–H and O–H groups in total. The Morgan fingerprint density at radius 3 is 2.70 bits per heavy atom. The normalized spacial score (nSPS) is 14.2. The Bertz CT molecular complexity index is 379. The zero-order valence-corrected chi connectivity index (χ0v) is 12.1. The molecule has 1 heterocycles. The van der Waals surface area contributed by atoms with Crippen LogP contribution in [0.25, 0.3) is 0 Å². The van der Waals surface area contributed by atoms with Crippen LogP contribution >= 0.6 is 0 Å². The van der Waals surface area contributed by atoms with E-state index in [9.17, 15) is 9.90 Å². The van der Waals surface area contributed by atoms with Crippen molar-refractivity contribution in [1.29, 1.82) is 0 Å². The minimum atomic E-state index is -0.984. The van der Waals surface area contributed by atoms with Gasteiger partial charge in [0.25, 0.3) is 0 Å². The number of ether oxygens (including phenoxy) is 2. The Morgan fingerprint density at radius 2 is 2.20 bits per heavy atom. The lowest BCUT2D eigenvalue weighted by Crippen LogP contribution is -2.50. The number of H-pyrrole nitrogens is 1. The third-order valence-corrected chi connectivity index (χ3v) is 2.96. The Morgan fingerprint density at radius 1 is 1.50 bits per heavy atom. The van der Waals surface area contributed by atoms with Crippen molar-refractivity contribution in [3.63, 3.8) is 0 Å². The summed E-state index contributed by atoms with van der Waals surface area (Å²) in [5.74, 6) is -0.113. The number of carbonyl (C=O) groups is 1. The minimum absolute atomic E-state index is 0.113. The van der Waals surface area contributed by atoms with E-state index < -0.39 is 18.4 Å². The van der Waals surface area contributed by atoms with Crippen LogP contribution in [0.15, 0.2) is 12.5 Å². The van der Waals surface area contributed by atoms with Gasteiger partial charge in [-0.15, -0.1) is 0 Å². The van der Waals surface area contributed by atoms with Crippen LogP contribution in [-0.4, -0.2) is 53.6 Å². The molecule has 0 spiro atoms. The van der Waals surface area contributed by atoms with E-state index in [1.807, 2.05) is 6.92 Å². The van der Waals surface area contributed by atoms with E-state index in [0.717, 1.165) is 12.1 Å². The zero-order chi connectivity index (χ0) is 15.0. The SMILES string of the molecule is CCCC(=O)NC(Cc1c[nH]cn1)C(O)C(OC)OC. The maximum atomic E-state index is 11.8. The predicted octanol–water partition coefficient (Wildman–Crippen LogP) is 0.217. The summed E-state index contributed by atoms with van der Waals surface area (Å²) in [7, 11) is 2.88. The second kappa shape index (κ2) is 8.68. The van der Waals surface area contributed by atoms with E-state index in [0.29, 0.717) is 12.8 Å². The number of aliphatic hydroxyl groups excluding tert-OH is 1. The summed E-state index contributed by atoms with van der Waals surface area (Å²) in [6, 6.07) is -0.526. The third kappa shape index (κ3) is 4.92. The van der Waals surface area contributed by atoms with Gasteiger partial charge >= 0.3 is 0 Å². The number of aromatic nitrogens is 2. The number of aromatic amines is 1. The summed E-state index contributed by atoms with van der Waals surface area (Å²) in [5, 5.41) is 13.1. The molecule has 1 amide bonds. The second-order valence-electron chi connectivity index (χ2n) is 4.52. The van der Waals surface area contributed by atoms with Crippen LogP contribution in [0.5, 0.6) is 0 Å². The van der Waals surface area contributed by atoms with Gasteiger partial charge in [-0.2, -0.15) is 0 Å². The Labute approximate surface area is 118 Å². The van der Waals surface area contributed by atoms with E-state index in [-0.39, 0.29) is 5.91 Å². The second-order valence-corrected chi connectivity index (χ2v) is 4.52. The first kappa shape index (κ1) is 16.6. The fourth-order valence-electron chi connectivity index (χ4n) is 1.96. The Kier molecular flexibility index (Phi) is 7.21. The van der Waals surface area contributed by atoms with E-state index >= 15 is 0 Å². The molecule has 2 unspecified atom stereocenters. The summed E-state index contributed by atoms with van der Waals surface area (Å²) in [6.07, 6.45) is 3.03. The van der Waals surface area contributed by atoms with Gasteiger partial charge in [0.15, 0.2) is 6.29 Å². The predicted molar refractivity (Wildman–Crippen MR) is 72.9 cm³/mol. The van der Waals surface area contributed by atoms with E-state index in [2.05, 4.69) is 15.3 Å². The summed E-state index contributed by atoms with van der Waals surface area (Å²) in [4.78, 5) is 18.7. The van der Waals surface area contributed by atoms with Crippen molar-refractivity contribution in [2.24, 2.45) is 0 Å². The molecule has 0 saturated heterocycles. The van der Waals surface area contributed by atoms with Gasteiger partial charge in [0.05, 0.1) is 18.1 Å². The molecule has 0 bridgehead atoms. The van der Waals surface area contributed by atoms with E-state index in [1.165, 1.54) is 14.2 Å². The number of nitrogens with one attached hydrogen (secondary N) is 2. The van der Waals surface area contributed by atoms with Gasteiger partial charge in [-0.25, -0.2) is 4.98 Å². The summed E-state index contributed by atoms with van der Waals surface area (Å²) < 4.78 is 10.1. The largest absolute Gasteiger partial charge is 0.386 e. The maximum absolute atomic E-state index is 11.8. The Balaban J connectivity index is 2.74. The fourth-order valence-corrected chi connectivity index (χ4v) is 1.96. The van der Waals surface area contributed by atoms with Crippen LogP contribution < -0.4 is 5.32 Å². The number of hydrogen-bond donors (Lipinski definition) is 3. The summed E-state index contributed by atoms with van der Waals surface area (Å²) in [5.41, 5.74) is 0.747. The molecule has 0 fully saturated rings. The van der Waals surface area contributed by atoms with Crippen LogP contribution in [0.1, 0.15) is 25.5 Å². The van der Waals surface area contributed by atoms with E-state index in [4.69, 9.17) is 9.47 Å². The maximum Gasteiger partial charge on any atom is 0.220 e. The van der Waals surface area contributed by atoms with Crippen molar-refractivity contribution < 1.29 is 19.4 Å². The van der Waals surface area contributed by atoms with Gasteiger partial charge < -0.3 is 24.9 Å². The number of hydrogen-bond acceptors (Lipinski definition) is 5. The van der Waals surface area contributed by atoms with Gasteiger partial charge in [0.2, 0.25) is 5.91 Å². The first-order valence-electron chi connectivity index (χ1n) is 6.63. The molecule has 7 nitrogen and oxygen atoms in total. The van der Waals surface area contributed by atoms with Gasteiger partial charge in [0, 0.05) is 33.3 Å². The number of carbonyl (C=O) groups excluding carboxylic acids is 1. The lowest BCUT2D eigenvalue weighted by Gasteiger charge is -2.28. The first-order chi connectivity index (χ1) is 9.62. The van der Waals surface area contributed by atoms with Crippen LogP contribution in [0.3, 0.4) is 0 Å². The van der Waals surface area contributed by atoms with Crippen LogP contribution in [0, 0.1) is 0 Å². The highest BCUT2D eigenvalue weighted by atomic mass is 16.7. The number of amides is 1. The average Bonchev–Trinajstić information content (AvgIpc) is 2.92. The number of rotatable bonds is 9. The summed E-state index contributed by atoms with van der Waals surface area (Å²) >= 11 is 0. The molecule has 2 atom stereocenters. The van der Waals surface area contributed by atoms with Gasteiger partial charge in [0.1, 0.15) is 6.10 Å². The zero-order valence-electron chi connectivity index (χ0n) is 12.1. The van der Waals surface area contributed by atoms with Crippen LogP contribution in [0.4, 0.5) is 0 Å². The molecular formula is C13H23N3O4. The highest BCUT2D eigenvalue weighted by Gasteiger charge is 2.29. The molecule has 0 saturated carbocycles. The third-order valence-electron chi connectivity index (χ3n) is 2.96. The fraction of sp³-hybridized carbons (Fsp3) is 0.692. The highest BCUT2D eigenvalue weighted by molar-refractivity contribution is 5.76. The van der Waals surface area contributed by atoms with Crippen molar-refractivity contribution in [2.45, 2.75) is 44.6 Å². The van der Waals surface area contributed by atoms with Crippen LogP contribution in [-0.2, 0) is 20.7 Å². The first-order valence-corrected chi connectivity index (χ1v) is 6.63. The van der Waals surface area contributed by atoms with Crippen molar-refractivity contribution in [3.05, 3.63) is 18.2 Å². The molecule has 20 heavy (non-hydrogen) atoms. The molecule has 0 aliphatic carbocycles. The summed E-state index contributed by atoms with van der Waals surface area (Å²) in [6.45, 7) is 1.92. The molecule has 0 aliphatic rings. The highest BCUT2D eigenvalue weighted by Crippen LogP contribution is 2.10. The quantitative estimate of drug-likeness (QED) is 0.564. The number of nitrogens with zero attached hydrogens (tertiary/aromatic N) is 1. The molecule has 114 valence electrons. The number of imidazole rings is 1. The van der Waals surface area contributed by atoms with Crippen molar-refractivity contribution in [1.82, 2.24) is 15.3 Å². The topological polar surface area (TPSA) is 96.5 Å². The van der Waals surface area contributed by atoms with Crippen LogP contribution in [0.2, 0.25) is 0 Å². The van der Waals surface area contributed by atoms with Crippen molar-refractivity contribution in [2.75, 3.05) is 14.2 Å². The number of methoxy groups -OCH3 is 2. The smallest absolute Gasteiger partial charge is 0.220 e. The van der Waals surface area contributed by atoms with Crippen molar-refractivity contribution in [3.8, 4) is 0 Å². The lowest BCUT2D eigenvalue weighted by molar-refractivity contribution is -0.173. The van der Waals surface area contributed by atoms with Gasteiger partial charge in [-0.3, -0.25) is 4.79 Å². The molecule has 0 aliphatic heterocycles. The van der Waals surface area contributed by atoms with E-state index in [1.54, 1.807) is 12.5 Å². The molecular weight excluding hydrogens is 262 g/mol. The molecule has 1 rings (SSSR count). The molecule has 7 heteroatoms. The number of aliphatic hydroxyl groups is 1. The molecule has 0 radical (unpaired) electrons. The molecule has 0 aromatic carbocycles. The monoisotopic (exact) mass is 285 g/mol. The minimum Gasteiger partial charge on any atom is -0.386 e. The average molecular weight is 285 g/mol.